The van der Waals surface area contributed by atoms with Crippen molar-refractivity contribution in [3.05, 3.63) is 29.8 Å². The molecule has 0 aromatic heterocycles. The minimum Gasteiger partial charge on any atom is -0.412 e. The van der Waals surface area contributed by atoms with Gasteiger partial charge in [0.25, 0.3) is 0 Å². The molecule has 0 amide bonds. The Kier molecular flexibility index (Phi) is 6.88. The van der Waals surface area contributed by atoms with E-state index in [0.29, 0.717) is 5.46 Å². The van der Waals surface area contributed by atoms with E-state index in [1.165, 1.54) is 0 Å². The number of aliphatic hydroxyl groups excluding tert-OH is 1. The van der Waals surface area contributed by atoms with Gasteiger partial charge in [0.05, 0.1) is 6.61 Å². The first kappa shape index (κ1) is 12.8. The lowest BCUT2D eigenvalue weighted by atomic mass is 9.95. The highest BCUT2D eigenvalue weighted by Gasteiger charge is 1.86. The van der Waals surface area contributed by atoms with E-state index in [4.69, 9.17) is 13.0 Å². The van der Waals surface area contributed by atoms with Crippen molar-refractivity contribution in [3.8, 4) is 0 Å². The molecule has 0 atom stereocenters. The first-order valence-corrected chi connectivity index (χ1v) is 2.78. The number of rotatable bonds is 1. The van der Waals surface area contributed by atoms with E-state index in [-0.39, 0.29) is 17.6 Å². The highest BCUT2D eigenvalue weighted by atomic mass is 16.3. The molecule has 0 fully saturated rings. The second-order valence-corrected chi connectivity index (χ2v) is 1.90. The Morgan fingerprint density at radius 3 is 2.27 bits per heavy atom. The third kappa shape index (κ3) is 3.77. The summed E-state index contributed by atoms with van der Waals surface area (Å²) in [5.41, 5.74) is 1.55. The van der Waals surface area contributed by atoms with Gasteiger partial charge in [0, 0.05) is 0 Å². The van der Waals surface area contributed by atoms with Crippen LogP contribution in [0.4, 0.5) is 0 Å². The number of aliphatic hydroxyl groups is 1. The summed E-state index contributed by atoms with van der Waals surface area (Å²) in [6.45, 7) is 0.0606. The maximum atomic E-state index is 8.61. The first-order chi connectivity index (χ1) is 4.33. The molecule has 60 valence electrons. The minimum absolute atomic E-state index is 0. The SMILES string of the molecule is O.O.[B]c1cccc(CO)c1. The molecule has 0 saturated carbocycles. The van der Waals surface area contributed by atoms with Gasteiger partial charge in [-0.05, 0) is 5.56 Å². The van der Waals surface area contributed by atoms with Crippen molar-refractivity contribution in [2.24, 2.45) is 0 Å². The van der Waals surface area contributed by atoms with Gasteiger partial charge in [-0.25, -0.2) is 0 Å². The van der Waals surface area contributed by atoms with Crippen molar-refractivity contribution in [2.75, 3.05) is 0 Å². The van der Waals surface area contributed by atoms with E-state index in [1.54, 1.807) is 12.1 Å². The van der Waals surface area contributed by atoms with Gasteiger partial charge < -0.3 is 16.1 Å². The lowest BCUT2D eigenvalue weighted by Crippen LogP contribution is -2.01. The summed E-state index contributed by atoms with van der Waals surface area (Å²) >= 11 is 0. The Labute approximate surface area is 66.7 Å². The fraction of sp³-hybridized carbons (Fsp3) is 0.143. The van der Waals surface area contributed by atoms with Crippen molar-refractivity contribution in [1.82, 2.24) is 0 Å². The summed E-state index contributed by atoms with van der Waals surface area (Å²) in [6.07, 6.45) is 0. The van der Waals surface area contributed by atoms with Gasteiger partial charge in [0.2, 0.25) is 0 Å². The van der Waals surface area contributed by atoms with Crippen molar-refractivity contribution in [3.63, 3.8) is 0 Å². The Hall–Kier alpha value is -0.835. The predicted molar refractivity (Wildman–Crippen MR) is 45.0 cm³/mol. The molecule has 0 aliphatic heterocycles. The molecule has 4 heteroatoms. The second kappa shape index (κ2) is 5.91. The zero-order chi connectivity index (χ0) is 6.69. The molecule has 0 unspecified atom stereocenters. The molecule has 0 saturated heterocycles. The molecule has 0 heterocycles. The van der Waals surface area contributed by atoms with Crippen molar-refractivity contribution in [2.45, 2.75) is 6.61 Å². The highest BCUT2D eigenvalue weighted by Crippen LogP contribution is 1.93. The monoisotopic (exact) mass is 154 g/mol. The Bertz CT molecular complexity index is 203. The van der Waals surface area contributed by atoms with E-state index in [1.807, 2.05) is 12.1 Å². The summed E-state index contributed by atoms with van der Waals surface area (Å²) in [7, 11) is 5.42. The third-order valence-electron chi connectivity index (χ3n) is 1.13. The molecule has 11 heavy (non-hydrogen) atoms. The lowest BCUT2D eigenvalue weighted by Gasteiger charge is -1.95. The zero-order valence-corrected chi connectivity index (χ0v) is 6.04. The maximum absolute atomic E-state index is 8.61. The fourth-order valence-corrected chi connectivity index (χ4v) is 0.691. The van der Waals surface area contributed by atoms with E-state index in [2.05, 4.69) is 0 Å². The maximum Gasteiger partial charge on any atom is 0.113 e. The molecule has 1 aromatic carbocycles. The van der Waals surface area contributed by atoms with Crippen molar-refractivity contribution < 1.29 is 16.1 Å². The Morgan fingerprint density at radius 2 is 1.91 bits per heavy atom. The van der Waals surface area contributed by atoms with Crippen LogP contribution in [-0.2, 0) is 6.61 Å². The standard InChI is InChI=1S/C7H7BO.2H2O/c8-7-3-1-2-6(4-7)5-9;;/h1-4,9H,5H2;2*1H2. The number of benzene rings is 1. The Morgan fingerprint density at radius 1 is 1.27 bits per heavy atom. The smallest absolute Gasteiger partial charge is 0.113 e. The van der Waals surface area contributed by atoms with E-state index < -0.39 is 0 Å². The summed E-state index contributed by atoms with van der Waals surface area (Å²) in [5, 5.41) is 8.61. The quantitative estimate of drug-likeness (QED) is 0.481. The highest BCUT2D eigenvalue weighted by molar-refractivity contribution is 6.32. The molecule has 1 aromatic rings. The van der Waals surface area contributed by atoms with Gasteiger partial charge in [0.1, 0.15) is 7.85 Å². The van der Waals surface area contributed by atoms with Crippen LogP contribution in [0.1, 0.15) is 5.56 Å². The molecule has 1 rings (SSSR count). The Balaban J connectivity index is 0. The van der Waals surface area contributed by atoms with E-state index >= 15 is 0 Å². The molecule has 0 bridgehead atoms. The van der Waals surface area contributed by atoms with Crippen molar-refractivity contribution >= 4 is 13.3 Å². The molecular formula is C7H11BO3. The van der Waals surface area contributed by atoms with Gasteiger partial charge >= 0.3 is 0 Å². The summed E-state index contributed by atoms with van der Waals surface area (Å²) in [4.78, 5) is 0. The van der Waals surface area contributed by atoms with Crippen LogP contribution in [-0.4, -0.2) is 23.9 Å². The first-order valence-electron chi connectivity index (χ1n) is 2.78. The minimum atomic E-state index is 0. The van der Waals surface area contributed by atoms with Crippen LogP contribution in [0, 0.1) is 0 Å². The summed E-state index contributed by atoms with van der Waals surface area (Å²) < 4.78 is 0. The number of hydrogen-bond donors (Lipinski definition) is 1. The van der Waals surface area contributed by atoms with Crippen LogP contribution in [0.25, 0.3) is 0 Å². The molecular weight excluding hydrogens is 143 g/mol. The van der Waals surface area contributed by atoms with Crippen LogP contribution < -0.4 is 5.46 Å². The molecule has 3 nitrogen and oxygen atoms in total. The van der Waals surface area contributed by atoms with Crippen LogP contribution >= 0.6 is 0 Å². The van der Waals surface area contributed by atoms with Gasteiger partial charge in [-0.3, -0.25) is 0 Å². The second-order valence-electron chi connectivity index (χ2n) is 1.90. The van der Waals surface area contributed by atoms with E-state index in [0.717, 1.165) is 5.56 Å². The van der Waals surface area contributed by atoms with Crippen LogP contribution in [0.3, 0.4) is 0 Å². The van der Waals surface area contributed by atoms with Gasteiger partial charge in [0.15, 0.2) is 0 Å². The van der Waals surface area contributed by atoms with Crippen molar-refractivity contribution in [1.29, 1.82) is 0 Å². The average molecular weight is 154 g/mol. The van der Waals surface area contributed by atoms with Gasteiger partial charge in [-0.15, -0.1) is 0 Å². The van der Waals surface area contributed by atoms with Crippen LogP contribution in [0.2, 0.25) is 0 Å². The molecule has 2 radical (unpaired) electrons. The molecule has 0 spiro atoms. The van der Waals surface area contributed by atoms with E-state index in [9.17, 15) is 0 Å². The lowest BCUT2D eigenvalue weighted by molar-refractivity contribution is 0.282. The number of hydrogen-bond acceptors (Lipinski definition) is 1. The normalized spacial score (nSPS) is 7.73. The molecule has 0 aliphatic rings. The fourth-order valence-electron chi connectivity index (χ4n) is 0.691. The van der Waals surface area contributed by atoms with Crippen LogP contribution in [0.5, 0.6) is 0 Å². The van der Waals surface area contributed by atoms with Gasteiger partial charge in [-0.1, -0.05) is 29.7 Å². The largest absolute Gasteiger partial charge is 0.412 e. The van der Waals surface area contributed by atoms with Gasteiger partial charge in [-0.2, -0.15) is 0 Å². The molecule has 0 aliphatic carbocycles. The summed E-state index contributed by atoms with van der Waals surface area (Å²) in [5.74, 6) is 0. The zero-order valence-electron chi connectivity index (χ0n) is 6.04. The predicted octanol–water partition coefficient (Wildman–Crippen LogP) is -1.68. The topological polar surface area (TPSA) is 83.2 Å². The van der Waals surface area contributed by atoms with Crippen LogP contribution in [0.15, 0.2) is 24.3 Å². The average Bonchev–Trinajstić information content (AvgIpc) is 1.88. The summed E-state index contributed by atoms with van der Waals surface area (Å²) in [6, 6.07) is 7.19. The third-order valence-corrected chi connectivity index (χ3v) is 1.13. The molecule has 5 N–H and O–H groups in total.